The molecule has 0 bridgehead atoms. The van der Waals surface area contributed by atoms with Crippen LogP contribution >= 0.6 is 11.6 Å². The van der Waals surface area contributed by atoms with Gasteiger partial charge in [0.25, 0.3) is 0 Å². The Hall–Kier alpha value is -2.20. The number of methoxy groups -OCH3 is 1. The Morgan fingerprint density at radius 2 is 2.05 bits per heavy atom. The standard InChI is InChI=1S/C16H17ClN2O2/c1-10(11-4-3-5-12(18)8-11)16(20)19-13-6-7-14(17)15(9-13)21-2/h3-10H,18H2,1-2H3,(H,19,20). The third kappa shape index (κ3) is 3.67. The van der Waals surface area contributed by atoms with E-state index in [-0.39, 0.29) is 11.8 Å². The molecule has 1 atom stereocenters. The van der Waals surface area contributed by atoms with Crippen LogP contribution < -0.4 is 15.8 Å². The fourth-order valence-corrected chi connectivity index (χ4v) is 2.16. The Kier molecular flexibility index (Phi) is 4.70. The second-order valence-electron chi connectivity index (χ2n) is 4.73. The Morgan fingerprint density at radius 3 is 2.71 bits per heavy atom. The van der Waals surface area contributed by atoms with Crippen LogP contribution in [-0.2, 0) is 4.79 Å². The number of rotatable bonds is 4. The molecule has 2 rings (SSSR count). The number of amides is 1. The maximum Gasteiger partial charge on any atom is 0.231 e. The molecule has 0 aliphatic carbocycles. The first-order valence-electron chi connectivity index (χ1n) is 6.51. The number of ether oxygens (including phenoxy) is 1. The molecule has 0 heterocycles. The van der Waals surface area contributed by atoms with Gasteiger partial charge in [0, 0.05) is 17.4 Å². The molecule has 5 heteroatoms. The molecule has 0 aliphatic rings. The summed E-state index contributed by atoms with van der Waals surface area (Å²) in [6.45, 7) is 1.83. The summed E-state index contributed by atoms with van der Waals surface area (Å²) in [5, 5.41) is 3.34. The minimum Gasteiger partial charge on any atom is -0.495 e. The fourth-order valence-electron chi connectivity index (χ4n) is 1.97. The molecule has 0 aliphatic heterocycles. The summed E-state index contributed by atoms with van der Waals surface area (Å²) in [7, 11) is 1.53. The second-order valence-corrected chi connectivity index (χ2v) is 5.14. The van der Waals surface area contributed by atoms with Gasteiger partial charge in [-0.05, 0) is 36.8 Å². The highest BCUT2D eigenvalue weighted by atomic mass is 35.5. The van der Waals surface area contributed by atoms with Crippen LogP contribution in [0.2, 0.25) is 5.02 Å². The van der Waals surface area contributed by atoms with Crippen molar-refractivity contribution in [3.05, 3.63) is 53.1 Å². The molecular weight excluding hydrogens is 288 g/mol. The first kappa shape index (κ1) is 15.2. The molecule has 1 unspecified atom stereocenters. The van der Waals surface area contributed by atoms with Crippen LogP contribution in [0.1, 0.15) is 18.4 Å². The maximum absolute atomic E-state index is 12.3. The van der Waals surface area contributed by atoms with E-state index in [4.69, 9.17) is 22.1 Å². The average Bonchev–Trinajstić information content (AvgIpc) is 2.48. The number of nitrogen functional groups attached to an aromatic ring is 1. The molecule has 0 fully saturated rings. The van der Waals surface area contributed by atoms with Crippen LogP contribution in [0.15, 0.2) is 42.5 Å². The largest absolute Gasteiger partial charge is 0.495 e. The minimum atomic E-state index is -0.310. The molecule has 3 N–H and O–H groups in total. The third-order valence-corrected chi connectivity index (χ3v) is 3.53. The summed E-state index contributed by atoms with van der Waals surface area (Å²) in [4.78, 5) is 12.3. The highest BCUT2D eigenvalue weighted by Crippen LogP contribution is 2.28. The van der Waals surface area contributed by atoms with Gasteiger partial charge in [-0.15, -0.1) is 0 Å². The van der Waals surface area contributed by atoms with Crippen LogP contribution in [0.25, 0.3) is 0 Å². The van der Waals surface area contributed by atoms with Crippen LogP contribution in [0.5, 0.6) is 5.75 Å². The highest BCUT2D eigenvalue weighted by molar-refractivity contribution is 6.32. The Bertz CT molecular complexity index is 658. The molecule has 0 saturated carbocycles. The van der Waals surface area contributed by atoms with Crippen LogP contribution in [0.4, 0.5) is 11.4 Å². The van der Waals surface area contributed by atoms with Gasteiger partial charge in [-0.25, -0.2) is 0 Å². The van der Waals surface area contributed by atoms with Crippen molar-refractivity contribution in [2.75, 3.05) is 18.2 Å². The molecule has 110 valence electrons. The van der Waals surface area contributed by atoms with E-state index in [1.165, 1.54) is 7.11 Å². The lowest BCUT2D eigenvalue weighted by Crippen LogP contribution is -2.19. The number of nitrogens with one attached hydrogen (secondary N) is 1. The summed E-state index contributed by atoms with van der Waals surface area (Å²) in [6, 6.07) is 12.4. The zero-order valence-corrected chi connectivity index (χ0v) is 12.6. The molecule has 2 aromatic carbocycles. The summed E-state index contributed by atoms with van der Waals surface area (Å²) in [6.07, 6.45) is 0. The van der Waals surface area contributed by atoms with Gasteiger partial charge >= 0.3 is 0 Å². The number of nitrogens with two attached hydrogens (primary N) is 1. The van der Waals surface area contributed by atoms with E-state index in [2.05, 4.69) is 5.32 Å². The summed E-state index contributed by atoms with van der Waals surface area (Å²) < 4.78 is 5.13. The van der Waals surface area contributed by atoms with Gasteiger partial charge < -0.3 is 15.8 Å². The fraction of sp³-hybridized carbons (Fsp3) is 0.188. The first-order valence-corrected chi connectivity index (χ1v) is 6.89. The van der Waals surface area contributed by atoms with Crippen molar-refractivity contribution in [2.45, 2.75) is 12.8 Å². The van der Waals surface area contributed by atoms with Gasteiger partial charge in [0.2, 0.25) is 5.91 Å². The van der Waals surface area contributed by atoms with E-state index in [0.29, 0.717) is 22.1 Å². The second kappa shape index (κ2) is 6.50. The molecule has 0 saturated heterocycles. The maximum atomic E-state index is 12.3. The molecule has 0 spiro atoms. The van der Waals surface area contributed by atoms with Crippen LogP contribution in [0, 0.1) is 0 Å². The van der Waals surface area contributed by atoms with E-state index >= 15 is 0 Å². The summed E-state index contributed by atoms with van der Waals surface area (Å²) in [5.74, 6) is 0.0891. The van der Waals surface area contributed by atoms with Gasteiger partial charge in [0.05, 0.1) is 18.1 Å². The highest BCUT2D eigenvalue weighted by Gasteiger charge is 2.16. The molecule has 1 amide bonds. The average molecular weight is 305 g/mol. The minimum absolute atomic E-state index is 0.120. The normalized spacial score (nSPS) is 11.8. The van der Waals surface area contributed by atoms with Crippen molar-refractivity contribution in [1.82, 2.24) is 0 Å². The number of hydrogen-bond acceptors (Lipinski definition) is 3. The van der Waals surface area contributed by atoms with Crippen LogP contribution in [-0.4, -0.2) is 13.0 Å². The Balaban J connectivity index is 2.14. The number of anilines is 2. The summed E-state index contributed by atoms with van der Waals surface area (Å²) in [5.41, 5.74) is 7.88. The first-order chi connectivity index (χ1) is 10.0. The number of carbonyl (C=O) groups excluding carboxylic acids is 1. The van der Waals surface area contributed by atoms with Crippen molar-refractivity contribution in [1.29, 1.82) is 0 Å². The zero-order valence-electron chi connectivity index (χ0n) is 11.9. The van der Waals surface area contributed by atoms with Gasteiger partial charge in [0.15, 0.2) is 0 Å². The number of hydrogen-bond donors (Lipinski definition) is 2. The third-order valence-electron chi connectivity index (χ3n) is 3.22. The quantitative estimate of drug-likeness (QED) is 0.847. The topological polar surface area (TPSA) is 64.3 Å². The predicted molar refractivity (Wildman–Crippen MR) is 85.9 cm³/mol. The van der Waals surface area contributed by atoms with Gasteiger partial charge in [-0.2, -0.15) is 0 Å². The molecule has 0 aromatic heterocycles. The molecular formula is C16H17ClN2O2. The van der Waals surface area contributed by atoms with E-state index in [1.807, 2.05) is 19.1 Å². The smallest absolute Gasteiger partial charge is 0.231 e. The Morgan fingerprint density at radius 1 is 1.29 bits per heavy atom. The number of benzene rings is 2. The van der Waals surface area contributed by atoms with E-state index in [1.54, 1.807) is 30.3 Å². The molecule has 21 heavy (non-hydrogen) atoms. The SMILES string of the molecule is COc1cc(NC(=O)C(C)c2cccc(N)c2)ccc1Cl. The lowest BCUT2D eigenvalue weighted by Gasteiger charge is -2.14. The lowest BCUT2D eigenvalue weighted by atomic mass is 10.00. The number of carbonyl (C=O) groups is 1. The Labute approximate surface area is 128 Å². The van der Waals surface area contributed by atoms with Crippen molar-refractivity contribution in [2.24, 2.45) is 0 Å². The van der Waals surface area contributed by atoms with E-state index in [0.717, 1.165) is 5.56 Å². The van der Waals surface area contributed by atoms with Gasteiger partial charge in [0.1, 0.15) is 5.75 Å². The molecule has 2 aromatic rings. The van der Waals surface area contributed by atoms with E-state index in [9.17, 15) is 4.79 Å². The van der Waals surface area contributed by atoms with Gasteiger partial charge in [-0.1, -0.05) is 23.7 Å². The van der Waals surface area contributed by atoms with Gasteiger partial charge in [-0.3, -0.25) is 4.79 Å². The molecule has 4 nitrogen and oxygen atoms in total. The monoisotopic (exact) mass is 304 g/mol. The predicted octanol–water partition coefficient (Wildman–Crippen LogP) is 3.67. The zero-order chi connectivity index (χ0) is 15.4. The lowest BCUT2D eigenvalue weighted by molar-refractivity contribution is -0.117. The van der Waals surface area contributed by atoms with Crippen molar-refractivity contribution < 1.29 is 9.53 Å². The van der Waals surface area contributed by atoms with E-state index < -0.39 is 0 Å². The van der Waals surface area contributed by atoms with Crippen LogP contribution in [0.3, 0.4) is 0 Å². The van der Waals surface area contributed by atoms with Crippen molar-refractivity contribution in [3.8, 4) is 5.75 Å². The molecule has 0 radical (unpaired) electrons. The number of halogens is 1. The summed E-state index contributed by atoms with van der Waals surface area (Å²) >= 11 is 5.96. The van der Waals surface area contributed by atoms with Crippen molar-refractivity contribution >= 4 is 28.9 Å². The van der Waals surface area contributed by atoms with Crippen molar-refractivity contribution in [3.63, 3.8) is 0 Å².